The Morgan fingerprint density at radius 1 is 0.310 bits per heavy atom. The van der Waals surface area contributed by atoms with Gasteiger partial charge in [-0.1, -0.05) is 298 Å². The molecule has 19 heteroatoms. The number of carbonyl (C=O) groups excluding carboxylic acids is 4. The van der Waals surface area contributed by atoms with Gasteiger partial charge in [0.15, 0.2) is 12.2 Å². The molecule has 0 radical (unpaired) electrons. The molecule has 0 aromatic rings. The van der Waals surface area contributed by atoms with Crippen LogP contribution in [0.25, 0.3) is 0 Å². The number of aliphatic hydroxyl groups excluding tert-OH is 1. The van der Waals surface area contributed by atoms with E-state index in [0.29, 0.717) is 25.7 Å². The molecule has 0 bridgehead atoms. The highest BCUT2D eigenvalue weighted by Crippen LogP contribution is 2.45. The molecule has 3 N–H and O–H groups in total. The summed E-state index contributed by atoms with van der Waals surface area (Å²) >= 11 is 0. The first-order chi connectivity index (χ1) is 42.0. The molecule has 0 aliphatic heterocycles. The number of ether oxygens (including phenoxy) is 4. The SMILES string of the molecule is CCCCCCCCCCCCCCCC(=O)OC[C@H](COP(=O)(O)OC[C@@H](O)COP(=O)(O)OC[C@@H](COC(=O)CCCCCCCCCCCC)OC(=O)CCCCCCCCCCC(C)C)OC(=O)CCCCCCCCCCCCCCC. The Labute approximate surface area is 530 Å². The molecular weight excluding hydrogens is 1150 g/mol. The number of esters is 4. The van der Waals surface area contributed by atoms with E-state index in [1.807, 2.05) is 0 Å². The van der Waals surface area contributed by atoms with E-state index < -0.39 is 97.5 Å². The molecule has 0 fully saturated rings. The van der Waals surface area contributed by atoms with E-state index in [0.717, 1.165) is 95.8 Å². The number of unbranched alkanes of at least 4 members (excludes halogenated alkanes) is 40. The molecule has 0 spiro atoms. The molecule has 5 atom stereocenters. The molecule has 516 valence electrons. The second-order valence-electron chi connectivity index (χ2n) is 25.0. The fourth-order valence-corrected chi connectivity index (χ4v) is 11.9. The van der Waals surface area contributed by atoms with Gasteiger partial charge in [-0.15, -0.1) is 0 Å². The minimum Gasteiger partial charge on any atom is -0.462 e. The number of rotatable bonds is 68. The highest BCUT2D eigenvalue weighted by atomic mass is 31.2. The van der Waals surface area contributed by atoms with Crippen LogP contribution in [0.3, 0.4) is 0 Å². The standard InChI is InChI=1S/C68H132O17P2/c1-6-9-12-15-18-21-24-26-28-31-37-42-47-52-66(71)79-57-63(84-67(72)53-48-43-38-32-29-27-25-22-19-16-13-10-7-2)59-82-86(74,75)80-55-62(69)56-81-87(76,77)83-60-64(58-78-65(70)51-46-41-36-30-23-20-17-14-11-8-3)85-68(73)54-49-44-39-34-33-35-40-45-50-61(4)5/h61-64,69H,6-60H2,1-5H3,(H,74,75)(H,76,77)/t62-,63-,64-/m1/s1. The summed E-state index contributed by atoms with van der Waals surface area (Å²) in [5.41, 5.74) is 0. The van der Waals surface area contributed by atoms with Crippen molar-refractivity contribution >= 4 is 39.5 Å². The number of phosphoric acid groups is 2. The fraction of sp³-hybridized carbons (Fsp3) is 0.941. The molecule has 2 unspecified atom stereocenters. The predicted molar refractivity (Wildman–Crippen MR) is 349 cm³/mol. The van der Waals surface area contributed by atoms with Crippen molar-refractivity contribution < 1.29 is 80.2 Å². The fourth-order valence-electron chi connectivity index (χ4n) is 10.3. The molecule has 0 heterocycles. The Bertz CT molecular complexity index is 1690. The topological polar surface area (TPSA) is 237 Å². The van der Waals surface area contributed by atoms with Crippen LogP contribution in [-0.4, -0.2) is 96.7 Å². The summed E-state index contributed by atoms with van der Waals surface area (Å²) in [5.74, 6) is -1.41. The Hall–Kier alpha value is -1.94. The van der Waals surface area contributed by atoms with Crippen LogP contribution in [0.2, 0.25) is 0 Å². The molecule has 0 aliphatic carbocycles. The zero-order chi connectivity index (χ0) is 64.2. The van der Waals surface area contributed by atoms with Crippen LogP contribution in [0, 0.1) is 5.92 Å². The number of aliphatic hydroxyl groups is 1. The van der Waals surface area contributed by atoms with Gasteiger partial charge in [0.25, 0.3) is 0 Å². The maximum atomic E-state index is 13.0. The Morgan fingerprint density at radius 3 is 0.782 bits per heavy atom. The van der Waals surface area contributed by atoms with Gasteiger partial charge in [0.1, 0.15) is 19.3 Å². The third kappa shape index (κ3) is 62.6. The van der Waals surface area contributed by atoms with Gasteiger partial charge in [-0.2, -0.15) is 0 Å². The van der Waals surface area contributed by atoms with Gasteiger partial charge in [-0.3, -0.25) is 37.3 Å². The smallest absolute Gasteiger partial charge is 0.462 e. The monoisotopic (exact) mass is 1280 g/mol. The van der Waals surface area contributed by atoms with Crippen molar-refractivity contribution in [1.29, 1.82) is 0 Å². The summed E-state index contributed by atoms with van der Waals surface area (Å²) in [5, 5.41) is 10.6. The van der Waals surface area contributed by atoms with Crippen LogP contribution >= 0.6 is 15.6 Å². The van der Waals surface area contributed by atoms with Crippen molar-refractivity contribution in [2.75, 3.05) is 39.6 Å². The summed E-state index contributed by atoms with van der Waals surface area (Å²) in [6, 6.07) is 0. The lowest BCUT2D eigenvalue weighted by molar-refractivity contribution is -0.161. The third-order valence-electron chi connectivity index (χ3n) is 15.8. The third-order valence-corrected chi connectivity index (χ3v) is 17.7. The van der Waals surface area contributed by atoms with Gasteiger partial charge in [-0.25, -0.2) is 9.13 Å². The Kier molecular flexibility index (Phi) is 60.2. The number of hydrogen-bond donors (Lipinski definition) is 3. The summed E-state index contributed by atoms with van der Waals surface area (Å²) in [7, 11) is -9.89. The zero-order valence-electron chi connectivity index (χ0n) is 56.2. The van der Waals surface area contributed by atoms with E-state index >= 15 is 0 Å². The molecule has 87 heavy (non-hydrogen) atoms. The largest absolute Gasteiger partial charge is 0.472 e. The van der Waals surface area contributed by atoms with Crippen molar-refractivity contribution in [3.63, 3.8) is 0 Å². The van der Waals surface area contributed by atoms with Gasteiger partial charge >= 0.3 is 39.5 Å². The Balaban J connectivity index is 5.24. The second kappa shape index (κ2) is 61.6. The maximum Gasteiger partial charge on any atom is 0.472 e. The van der Waals surface area contributed by atoms with Gasteiger partial charge in [0, 0.05) is 25.7 Å². The number of phosphoric ester groups is 2. The lowest BCUT2D eigenvalue weighted by Crippen LogP contribution is -2.30. The highest BCUT2D eigenvalue weighted by molar-refractivity contribution is 7.47. The van der Waals surface area contributed by atoms with Crippen molar-refractivity contribution in [1.82, 2.24) is 0 Å². The molecule has 0 amide bonds. The van der Waals surface area contributed by atoms with Crippen LogP contribution in [0.1, 0.15) is 349 Å². The van der Waals surface area contributed by atoms with Crippen molar-refractivity contribution in [2.24, 2.45) is 5.92 Å². The number of hydrogen-bond acceptors (Lipinski definition) is 15. The summed E-state index contributed by atoms with van der Waals surface area (Å²) in [6.45, 7) is 7.19. The van der Waals surface area contributed by atoms with Crippen LogP contribution in [0.15, 0.2) is 0 Å². The van der Waals surface area contributed by atoms with Crippen LogP contribution in [-0.2, 0) is 65.4 Å². The van der Waals surface area contributed by atoms with Crippen LogP contribution in [0.4, 0.5) is 0 Å². The van der Waals surface area contributed by atoms with E-state index in [1.54, 1.807) is 0 Å². The normalized spacial score (nSPS) is 14.1. The molecule has 0 saturated heterocycles. The van der Waals surface area contributed by atoms with Crippen LogP contribution < -0.4 is 0 Å². The lowest BCUT2D eigenvalue weighted by atomic mass is 10.0. The molecule has 0 rings (SSSR count). The maximum absolute atomic E-state index is 13.0. The summed E-state index contributed by atoms with van der Waals surface area (Å²) in [4.78, 5) is 72.4. The molecule has 0 aromatic carbocycles. The van der Waals surface area contributed by atoms with Gasteiger partial charge in [-0.05, 0) is 31.6 Å². The first kappa shape index (κ1) is 85.1. The molecule has 0 saturated carbocycles. The second-order valence-corrected chi connectivity index (χ2v) is 27.9. The van der Waals surface area contributed by atoms with Crippen molar-refractivity contribution in [2.45, 2.75) is 368 Å². The average Bonchev–Trinajstić information content (AvgIpc) is 3.67. The van der Waals surface area contributed by atoms with E-state index in [4.69, 9.17) is 37.0 Å². The minimum atomic E-state index is -4.95. The first-order valence-electron chi connectivity index (χ1n) is 35.6. The number of carbonyl (C=O) groups is 4. The average molecular weight is 1280 g/mol. The highest BCUT2D eigenvalue weighted by Gasteiger charge is 2.30. The van der Waals surface area contributed by atoms with E-state index in [1.165, 1.54) is 173 Å². The van der Waals surface area contributed by atoms with Crippen LogP contribution in [0.5, 0.6) is 0 Å². The first-order valence-corrected chi connectivity index (χ1v) is 38.6. The summed E-state index contributed by atoms with van der Waals surface area (Å²) in [6.07, 6.45) is 47.1. The van der Waals surface area contributed by atoms with Gasteiger partial charge in [0.05, 0.1) is 26.4 Å². The predicted octanol–water partition coefficient (Wildman–Crippen LogP) is 19.4. The van der Waals surface area contributed by atoms with Crippen molar-refractivity contribution in [3.8, 4) is 0 Å². The van der Waals surface area contributed by atoms with E-state index in [2.05, 4.69) is 34.6 Å². The molecular formula is C68H132O17P2. The van der Waals surface area contributed by atoms with Gasteiger partial charge in [0.2, 0.25) is 0 Å². The Morgan fingerprint density at radius 2 is 0.529 bits per heavy atom. The molecule has 0 aromatic heterocycles. The minimum absolute atomic E-state index is 0.105. The van der Waals surface area contributed by atoms with E-state index in [-0.39, 0.29) is 25.7 Å². The molecule has 17 nitrogen and oxygen atoms in total. The quantitative estimate of drug-likeness (QED) is 0.0222. The van der Waals surface area contributed by atoms with E-state index in [9.17, 15) is 43.2 Å². The van der Waals surface area contributed by atoms with Crippen molar-refractivity contribution in [3.05, 3.63) is 0 Å². The lowest BCUT2D eigenvalue weighted by Gasteiger charge is -2.21. The van der Waals surface area contributed by atoms with Gasteiger partial charge < -0.3 is 33.8 Å². The zero-order valence-corrected chi connectivity index (χ0v) is 57.9. The summed E-state index contributed by atoms with van der Waals surface area (Å²) < 4.78 is 68.2. The molecule has 0 aliphatic rings.